The highest BCUT2D eigenvalue weighted by Crippen LogP contribution is 2.08. The maximum absolute atomic E-state index is 10.9. The van der Waals surface area contributed by atoms with Crippen LogP contribution in [0.15, 0.2) is 24.3 Å². The first-order valence-corrected chi connectivity index (χ1v) is 4.65. The lowest BCUT2D eigenvalue weighted by molar-refractivity contribution is -0.113. The average Bonchev–Trinajstić information content (AvgIpc) is 2.28. The Kier molecular flexibility index (Phi) is 4.22. The van der Waals surface area contributed by atoms with Crippen LogP contribution in [0.25, 0.3) is 0 Å². The van der Waals surface area contributed by atoms with Crippen LogP contribution in [0, 0.1) is 23.2 Å². The number of halogens is 1. The molecule has 4 heteroatoms. The molecule has 0 saturated carbocycles. The summed E-state index contributed by atoms with van der Waals surface area (Å²) in [5.41, 5.74) is 1.38. The first kappa shape index (κ1) is 11.1. The molecule has 3 nitrogen and oxygen atoms in total. The number of hydrogen-bond acceptors (Lipinski definition) is 2. The number of amides is 1. The monoisotopic (exact) mass is 218 g/mol. The van der Waals surface area contributed by atoms with E-state index in [0.29, 0.717) is 5.69 Å². The number of carbonyl (C=O) groups excluding carboxylic acids is 1. The van der Waals surface area contributed by atoms with Gasteiger partial charge in [-0.05, 0) is 24.3 Å². The van der Waals surface area contributed by atoms with Gasteiger partial charge < -0.3 is 5.32 Å². The zero-order chi connectivity index (χ0) is 11.1. The number of hydrogen-bond donors (Lipinski definition) is 1. The third kappa shape index (κ3) is 3.72. The van der Waals surface area contributed by atoms with Gasteiger partial charge in [0.1, 0.15) is 5.88 Å². The zero-order valence-corrected chi connectivity index (χ0v) is 8.51. The van der Waals surface area contributed by atoms with E-state index >= 15 is 0 Å². The van der Waals surface area contributed by atoms with Crippen LogP contribution in [0.4, 0.5) is 5.69 Å². The predicted octanol–water partition coefficient (Wildman–Crippen LogP) is 1.74. The van der Waals surface area contributed by atoms with Crippen molar-refractivity contribution < 1.29 is 4.79 Å². The summed E-state index contributed by atoms with van der Waals surface area (Å²) in [6.07, 6.45) is 0. The Balaban J connectivity index is 2.73. The largest absolute Gasteiger partial charge is 0.325 e. The van der Waals surface area contributed by atoms with Crippen molar-refractivity contribution in [2.24, 2.45) is 0 Å². The van der Waals surface area contributed by atoms with Crippen LogP contribution in [0.2, 0.25) is 0 Å². The summed E-state index contributed by atoms with van der Waals surface area (Å²) in [6.45, 7) is 0. The quantitative estimate of drug-likeness (QED) is 0.607. The molecule has 0 unspecified atom stereocenters. The lowest BCUT2D eigenvalue weighted by atomic mass is 10.2. The maximum atomic E-state index is 10.9. The Labute approximate surface area is 92.7 Å². The molecule has 74 valence electrons. The van der Waals surface area contributed by atoms with Gasteiger partial charge in [-0.1, -0.05) is 5.92 Å². The van der Waals surface area contributed by atoms with Gasteiger partial charge in [-0.2, -0.15) is 5.26 Å². The van der Waals surface area contributed by atoms with Gasteiger partial charge in [-0.3, -0.25) is 4.79 Å². The molecule has 1 aromatic rings. The van der Waals surface area contributed by atoms with Crippen molar-refractivity contribution in [2.45, 2.75) is 0 Å². The van der Waals surface area contributed by atoms with Crippen molar-refractivity contribution in [3.63, 3.8) is 0 Å². The number of carbonyl (C=O) groups is 1. The van der Waals surface area contributed by atoms with Gasteiger partial charge in [-0.25, -0.2) is 0 Å². The molecule has 0 saturated heterocycles. The van der Waals surface area contributed by atoms with Crippen molar-refractivity contribution >= 4 is 23.2 Å². The molecule has 1 amide bonds. The number of rotatable bonds is 2. The molecule has 0 bridgehead atoms. The summed E-state index contributed by atoms with van der Waals surface area (Å²) >= 11 is 5.33. The Hall–Kier alpha value is -1.97. The standard InChI is InChI=1S/C11H7ClN2O/c12-8-11(15)14-10-5-3-9(4-6-10)2-1-7-13/h3-6H,8H2,(H,14,15). The van der Waals surface area contributed by atoms with Crippen LogP contribution in [0.1, 0.15) is 5.56 Å². The van der Waals surface area contributed by atoms with Crippen LogP contribution in [-0.4, -0.2) is 11.8 Å². The third-order valence-corrected chi connectivity index (χ3v) is 1.80. The van der Waals surface area contributed by atoms with Gasteiger partial charge in [0.15, 0.2) is 6.07 Å². The summed E-state index contributed by atoms with van der Waals surface area (Å²) in [5.74, 6) is 4.59. The Morgan fingerprint density at radius 1 is 1.40 bits per heavy atom. The second kappa shape index (κ2) is 5.70. The topological polar surface area (TPSA) is 52.9 Å². The van der Waals surface area contributed by atoms with Crippen LogP contribution in [0.3, 0.4) is 0 Å². The minimum absolute atomic E-state index is 0.0734. The molecule has 0 aromatic heterocycles. The summed E-state index contributed by atoms with van der Waals surface area (Å²) < 4.78 is 0. The molecule has 0 spiro atoms. The molecule has 0 aliphatic rings. The van der Waals surface area contributed by atoms with Gasteiger partial charge >= 0.3 is 0 Å². The minimum Gasteiger partial charge on any atom is -0.325 e. The number of anilines is 1. The molecule has 15 heavy (non-hydrogen) atoms. The molecule has 0 aliphatic carbocycles. The Morgan fingerprint density at radius 2 is 2.07 bits per heavy atom. The fraction of sp³-hybridized carbons (Fsp3) is 0.0909. The highest BCUT2D eigenvalue weighted by molar-refractivity contribution is 6.29. The van der Waals surface area contributed by atoms with Crippen molar-refractivity contribution in [3.8, 4) is 17.9 Å². The van der Waals surface area contributed by atoms with Crippen molar-refractivity contribution in [3.05, 3.63) is 29.8 Å². The van der Waals surface area contributed by atoms with E-state index in [4.69, 9.17) is 16.9 Å². The fourth-order valence-corrected chi connectivity index (χ4v) is 0.998. The first-order valence-electron chi connectivity index (χ1n) is 4.12. The van der Waals surface area contributed by atoms with Gasteiger partial charge in [0.05, 0.1) is 0 Å². The van der Waals surface area contributed by atoms with Crippen molar-refractivity contribution in [1.82, 2.24) is 0 Å². The van der Waals surface area contributed by atoms with Crippen LogP contribution in [0.5, 0.6) is 0 Å². The lowest BCUT2D eigenvalue weighted by Crippen LogP contribution is -2.12. The normalized spacial score (nSPS) is 8.27. The number of alkyl halides is 1. The Morgan fingerprint density at radius 3 is 2.60 bits per heavy atom. The summed E-state index contributed by atoms with van der Waals surface area (Å²) in [7, 11) is 0. The van der Waals surface area contributed by atoms with Gasteiger partial charge in [0.25, 0.3) is 0 Å². The molecular weight excluding hydrogens is 212 g/mol. The SMILES string of the molecule is N#CC#Cc1ccc(NC(=O)CCl)cc1. The molecule has 1 aromatic carbocycles. The average molecular weight is 219 g/mol. The number of nitrogens with one attached hydrogen (secondary N) is 1. The molecule has 0 aliphatic heterocycles. The fourth-order valence-electron chi connectivity index (χ4n) is 0.931. The lowest BCUT2D eigenvalue weighted by Gasteiger charge is -2.01. The highest BCUT2D eigenvalue weighted by Gasteiger charge is 1.98. The van der Waals surface area contributed by atoms with Gasteiger partial charge in [0.2, 0.25) is 5.91 Å². The van der Waals surface area contributed by atoms with E-state index in [1.54, 1.807) is 30.3 Å². The van der Waals surface area contributed by atoms with Crippen LogP contribution < -0.4 is 5.32 Å². The smallest absolute Gasteiger partial charge is 0.239 e. The third-order valence-electron chi connectivity index (χ3n) is 1.55. The second-order valence-corrected chi connectivity index (χ2v) is 2.89. The Bertz CT molecular complexity index is 448. The number of nitrogens with zero attached hydrogens (tertiary/aromatic N) is 1. The van der Waals surface area contributed by atoms with Crippen LogP contribution >= 0.6 is 11.6 Å². The summed E-state index contributed by atoms with van der Waals surface area (Å²) in [4.78, 5) is 10.9. The van der Waals surface area contributed by atoms with E-state index < -0.39 is 0 Å². The van der Waals surface area contributed by atoms with E-state index in [0.717, 1.165) is 5.56 Å². The number of nitriles is 1. The molecule has 0 radical (unpaired) electrons. The van der Waals surface area contributed by atoms with Crippen molar-refractivity contribution in [1.29, 1.82) is 5.26 Å². The molecule has 1 N–H and O–H groups in total. The zero-order valence-electron chi connectivity index (χ0n) is 7.75. The summed E-state index contributed by atoms with van der Waals surface area (Å²) in [6, 6.07) is 8.56. The minimum atomic E-state index is -0.257. The molecular formula is C11H7ClN2O. The molecule has 0 atom stereocenters. The molecule has 0 heterocycles. The van der Waals surface area contributed by atoms with Gasteiger partial charge in [-0.15, -0.1) is 11.6 Å². The van der Waals surface area contributed by atoms with E-state index in [1.807, 2.05) is 0 Å². The van der Waals surface area contributed by atoms with E-state index in [2.05, 4.69) is 17.2 Å². The van der Waals surface area contributed by atoms with E-state index in [1.165, 1.54) is 0 Å². The van der Waals surface area contributed by atoms with E-state index in [9.17, 15) is 4.79 Å². The predicted molar refractivity (Wildman–Crippen MR) is 58.3 cm³/mol. The van der Waals surface area contributed by atoms with Crippen molar-refractivity contribution in [2.75, 3.05) is 11.2 Å². The summed E-state index contributed by atoms with van der Waals surface area (Å²) in [5, 5.41) is 10.8. The second-order valence-electron chi connectivity index (χ2n) is 2.62. The molecule has 0 fully saturated rings. The highest BCUT2D eigenvalue weighted by atomic mass is 35.5. The molecule has 1 rings (SSSR count). The maximum Gasteiger partial charge on any atom is 0.239 e. The van der Waals surface area contributed by atoms with Gasteiger partial charge in [0, 0.05) is 17.2 Å². The number of benzene rings is 1. The first-order chi connectivity index (χ1) is 7.26. The van der Waals surface area contributed by atoms with Crippen LogP contribution in [-0.2, 0) is 4.79 Å². The van der Waals surface area contributed by atoms with E-state index in [-0.39, 0.29) is 11.8 Å².